The minimum absolute atomic E-state index is 0.0668. The van der Waals surface area contributed by atoms with Crippen LogP contribution in [0.25, 0.3) is 0 Å². The van der Waals surface area contributed by atoms with Crippen LogP contribution >= 0.6 is 0 Å². The van der Waals surface area contributed by atoms with Crippen LogP contribution in [-0.2, 0) is 4.79 Å². The molecule has 1 amide bonds. The summed E-state index contributed by atoms with van der Waals surface area (Å²) in [6, 6.07) is 16.4. The quantitative estimate of drug-likeness (QED) is 0.646. The molecule has 0 aromatic heterocycles. The Kier molecular flexibility index (Phi) is 7.56. The van der Waals surface area contributed by atoms with Gasteiger partial charge in [0.2, 0.25) is 5.91 Å². The van der Waals surface area contributed by atoms with Gasteiger partial charge in [-0.05, 0) is 50.5 Å². The summed E-state index contributed by atoms with van der Waals surface area (Å²) in [6.45, 7) is 4.03. The van der Waals surface area contributed by atoms with Crippen molar-refractivity contribution in [3.63, 3.8) is 0 Å². The highest BCUT2D eigenvalue weighted by Crippen LogP contribution is 2.35. The van der Waals surface area contributed by atoms with Crippen molar-refractivity contribution in [1.29, 1.82) is 0 Å². The Hall–Kier alpha value is -2.49. The molecule has 1 N–H and O–H groups in total. The molecule has 29 heavy (non-hydrogen) atoms. The molecule has 0 radical (unpaired) electrons. The van der Waals surface area contributed by atoms with Gasteiger partial charge in [-0.2, -0.15) is 0 Å². The molecule has 2 aromatic rings. The first-order valence-electron chi connectivity index (χ1n) is 10.8. The fourth-order valence-electron chi connectivity index (χ4n) is 4.13. The molecule has 4 nitrogen and oxygen atoms in total. The summed E-state index contributed by atoms with van der Waals surface area (Å²) in [7, 11) is 1.68. The summed E-state index contributed by atoms with van der Waals surface area (Å²) in [4.78, 5) is 12.9. The zero-order valence-electron chi connectivity index (χ0n) is 17.8. The average Bonchev–Trinajstić information content (AvgIpc) is 2.73. The van der Waals surface area contributed by atoms with Crippen molar-refractivity contribution in [1.82, 2.24) is 5.32 Å². The van der Waals surface area contributed by atoms with Crippen LogP contribution in [0.3, 0.4) is 0 Å². The largest absolute Gasteiger partial charge is 0.496 e. The Morgan fingerprint density at radius 2 is 1.72 bits per heavy atom. The van der Waals surface area contributed by atoms with Gasteiger partial charge in [-0.15, -0.1) is 0 Å². The van der Waals surface area contributed by atoms with Crippen LogP contribution in [0.4, 0.5) is 0 Å². The van der Waals surface area contributed by atoms with Crippen molar-refractivity contribution < 1.29 is 14.3 Å². The van der Waals surface area contributed by atoms with Crippen LogP contribution in [0.1, 0.15) is 69.4 Å². The van der Waals surface area contributed by atoms with Crippen molar-refractivity contribution >= 4 is 5.91 Å². The van der Waals surface area contributed by atoms with E-state index in [2.05, 4.69) is 23.5 Å². The van der Waals surface area contributed by atoms with Gasteiger partial charge in [-0.1, -0.05) is 49.6 Å². The summed E-state index contributed by atoms with van der Waals surface area (Å²) in [5.74, 6) is 1.69. The Morgan fingerprint density at radius 1 is 1.03 bits per heavy atom. The maximum Gasteiger partial charge on any atom is 0.221 e. The van der Waals surface area contributed by atoms with Gasteiger partial charge in [0.1, 0.15) is 11.5 Å². The molecule has 0 heterocycles. The molecule has 156 valence electrons. The van der Waals surface area contributed by atoms with E-state index in [0.29, 0.717) is 12.5 Å². The maximum atomic E-state index is 12.9. The van der Waals surface area contributed by atoms with E-state index in [0.717, 1.165) is 35.5 Å². The van der Waals surface area contributed by atoms with Gasteiger partial charge in [0, 0.05) is 23.9 Å². The second-order valence-corrected chi connectivity index (χ2v) is 8.14. The molecule has 1 saturated carbocycles. The predicted octanol–water partition coefficient (Wildman–Crippen LogP) is 5.45. The first-order valence-corrected chi connectivity index (χ1v) is 10.8. The highest BCUT2D eigenvalue weighted by Gasteiger charge is 2.23. The first-order chi connectivity index (χ1) is 14.1. The fourth-order valence-corrected chi connectivity index (χ4v) is 4.13. The molecule has 0 aliphatic heterocycles. The summed E-state index contributed by atoms with van der Waals surface area (Å²) >= 11 is 0. The molecule has 1 aliphatic rings. The maximum absolute atomic E-state index is 12.9. The highest BCUT2D eigenvalue weighted by molar-refractivity contribution is 5.78. The Morgan fingerprint density at radius 3 is 2.38 bits per heavy atom. The molecule has 1 atom stereocenters. The van der Waals surface area contributed by atoms with E-state index < -0.39 is 0 Å². The van der Waals surface area contributed by atoms with Crippen LogP contribution in [0.2, 0.25) is 0 Å². The number of rotatable bonds is 8. The van der Waals surface area contributed by atoms with Crippen molar-refractivity contribution in [2.75, 3.05) is 7.11 Å². The van der Waals surface area contributed by atoms with Crippen molar-refractivity contribution in [2.24, 2.45) is 0 Å². The third-order valence-corrected chi connectivity index (χ3v) is 5.53. The zero-order valence-corrected chi connectivity index (χ0v) is 17.8. The number of amides is 1. The number of hydrogen-bond acceptors (Lipinski definition) is 3. The minimum Gasteiger partial charge on any atom is -0.496 e. The van der Waals surface area contributed by atoms with E-state index in [4.69, 9.17) is 9.47 Å². The van der Waals surface area contributed by atoms with Crippen LogP contribution < -0.4 is 14.8 Å². The first kappa shape index (κ1) is 21.2. The lowest BCUT2D eigenvalue weighted by Gasteiger charge is -2.25. The van der Waals surface area contributed by atoms with Crippen LogP contribution in [0.5, 0.6) is 11.5 Å². The molecule has 4 heteroatoms. The van der Waals surface area contributed by atoms with Crippen LogP contribution in [-0.4, -0.2) is 25.2 Å². The number of nitrogens with one attached hydrogen (secondary N) is 1. The minimum atomic E-state index is -0.0668. The van der Waals surface area contributed by atoms with Crippen LogP contribution in [0.15, 0.2) is 48.5 Å². The summed E-state index contributed by atoms with van der Waals surface area (Å²) in [5.41, 5.74) is 2.12. The van der Waals surface area contributed by atoms with E-state index in [1.807, 2.05) is 44.2 Å². The molecule has 0 unspecified atom stereocenters. The van der Waals surface area contributed by atoms with E-state index in [9.17, 15) is 4.79 Å². The molecule has 1 fully saturated rings. The number of ether oxygens (including phenoxy) is 2. The van der Waals surface area contributed by atoms with Gasteiger partial charge < -0.3 is 14.8 Å². The zero-order chi connectivity index (χ0) is 20.6. The molecule has 1 aliphatic carbocycles. The summed E-state index contributed by atoms with van der Waals surface area (Å²) in [5, 5.41) is 3.26. The van der Waals surface area contributed by atoms with E-state index in [-0.39, 0.29) is 17.9 Å². The fraction of sp³-hybridized carbons (Fsp3) is 0.480. The molecule has 0 bridgehead atoms. The molecule has 3 rings (SSSR count). The van der Waals surface area contributed by atoms with Crippen molar-refractivity contribution in [3.05, 3.63) is 59.7 Å². The molecular formula is C25H33NO3. The van der Waals surface area contributed by atoms with Crippen molar-refractivity contribution in [3.8, 4) is 11.5 Å². The van der Waals surface area contributed by atoms with E-state index in [1.54, 1.807) is 7.11 Å². The predicted molar refractivity (Wildman–Crippen MR) is 117 cm³/mol. The lowest BCUT2D eigenvalue weighted by molar-refractivity contribution is -0.122. The lowest BCUT2D eigenvalue weighted by atomic mass is 9.87. The SMILES string of the molecule is COc1ccccc1[C@@H](CC(=O)NC1CCCCC1)c1ccc(OC(C)C)cc1. The topological polar surface area (TPSA) is 47.6 Å². The third-order valence-electron chi connectivity index (χ3n) is 5.53. The second-order valence-electron chi connectivity index (χ2n) is 8.14. The number of carbonyl (C=O) groups is 1. The third kappa shape index (κ3) is 5.99. The normalized spacial score (nSPS) is 15.7. The van der Waals surface area contributed by atoms with Gasteiger partial charge in [0.05, 0.1) is 13.2 Å². The number of para-hydroxylation sites is 1. The molecule has 2 aromatic carbocycles. The van der Waals surface area contributed by atoms with Crippen molar-refractivity contribution in [2.45, 2.75) is 70.4 Å². The second kappa shape index (κ2) is 10.3. The number of benzene rings is 2. The monoisotopic (exact) mass is 395 g/mol. The number of hydrogen-bond donors (Lipinski definition) is 1. The van der Waals surface area contributed by atoms with Gasteiger partial charge in [-0.3, -0.25) is 4.79 Å². The highest BCUT2D eigenvalue weighted by atomic mass is 16.5. The van der Waals surface area contributed by atoms with Gasteiger partial charge in [0.25, 0.3) is 0 Å². The Balaban J connectivity index is 1.82. The average molecular weight is 396 g/mol. The molecule has 0 saturated heterocycles. The Bertz CT molecular complexity index is 779. The van der Waals surface area contributed by atoms with E-state index >= 15 is 0 Å². The smallest absolute Gasteiger partial charge is 0.221 e. The molecule has 0 spiro atoms. The van der Waals surface area contributed by atoms with Crippen LogP contribution in [0, 0.1) is 0 Å². The molecular weight excluding hydrogens is 362 g/mol. The summed E-state index contributed by atoms with van der Waals surface area (Å²) in [6.07, 6.45) is 6.41. The summed E-state index contributed by atoms with van der Waals surface area (Å²) < 4.78 is 11.4. The van der Waals surface area contributed by atoms with Gasteiger partial charge >= 0.3 is 0 Å². The number of methoxy groups -OCH3 is 1. The lowest BCUT2D eigenvalue weighted by Crippen LogP contribution is -2.36. The standard InChI is InChI=1S/C25H33NO3/c1-18(2)29-21-15-13-19(14-16-21)23(22-11-7-8-12-24(22)28-3)17-25(27)26-20-9-5-4-6-10-20/h7-8,11-16,18,20,23H,4-6,9-10,17H2,1-3H3,(H,26,27)/t23-/m0/s1. The van der Waals surface area contributed by atoms with Gasteiger partial charge in [-0.25, -0.2) is 0 Å². The van der Waals surface area contributed by atoms with E-state index in [1.165, 1.54) is 19.3 Å². The van der Waals surface area contributed by atoms with Gasteiger partial charge in [0.15, 0.2) is 0 Å². The number of carbonyl (C=O) groups excluding carboxylic acids is 1. The Labute approximate surface area is 174 Å².